The van der Waals surface area contributed by atoms with Crippen molar-refractivity contribution in [3.8, 4) is 0 Å². The third-order valence-corrected chi connectivity index (χ3v) is 5.15. The number of anilines is 1. The smallest absolute Gasteiger partial charge is 0.226 e. The molecule has 0 bridgehead atoms. The van der Waals surface area contributed by atoms with Gasteiger partial charge in [0.2, 0.25) is 5.91 Å². The second-order valence-electron chi connectivity index (χ2n) is 4.57. The zero-order valence-corrected chi connectivity index (χ0v) is 13.1. The Labute approximate surface area is 129 Å². The van der Waals surface area contributed by atoms with Gasteiger partial charge in [-0.05, 0) is 12.1 Å². The van der Waals surface area contributed by atoms with E-state index in [0.717, 1.165) is 34.4 Å². The molecule has 1 atom stereocenters. The van der Waals surface area contributed by atoms with Gasteiger partial charge in [0.05, 0.1) is 5.69 Å². The van der Waals surface area contributed by atoms with Gasteiger partial charge in [0.25, 0.3) is 0 Å². The molecule has 20 heavy (non-hydrogen) atoms. The molecule has 1 aromatic rings. The van der Waals surface area contributed by atoms with Gasteiger partial charge in [0.15, 0.2) is 0 Å². The summed E-state index contributed by atoms with van der Waals surface area (Å²) < 4.78 is 0. The van der Waals surface area contributed by atoms with Gasteiger partial charge in [-0.1, -0.05) is 18.2 Å². The van der Waals surface area contributed by atoms with Crippen molar-refractivity contribution in [1.82, 2.24) is 5.32 Å². The van der Waals surface area contributed by atoms with Crippen molar-refractivity contribution in [2.75, 3.05) is 29.1 Å². The molecule has 1 saturated heterocycles. The average Bonchev–Trinajstić information content (AvgIpc) is 2.47. The second-order valence-corrected chi connectivity index (χ2v) is 6.79. The molecule has 108 valence electrons. The second kappa shape index (κ2) is 8.39. The van der Waals surface area contributed by atoms with Crippen molar-refractivity contribution in [1.29, 1.82) is 0 Å². The summed E-state index contributed by atoms with van der Waals surface area (Å²) in [4.78, 5) is 13.2. The normalized spacial score (nSPS) is 18.5. The summed E-state index contributed by atoms with van der Waals surface area (Å²) in [5, 5.41) is 6.41. The van der Waals surface area contributed by atoms with E-state index in [9.17, 15) is 4.79 Å². The van der Waals surface area contributed by atoms with Crippen molar-refractivity contribution < 1.29 is 4.79 Å². The van der Waals surface area contributed by atoms with Crippen LogP contribution in [0.5, 0.6) is 0 Å². The summed E-state index contributed by atoms with van der Waals surface area (Å²) >= 11 is 3.59. The first-order valence-electron chi connectivity index (χ1n) is 6.73. The van der Waals surface area contributed by atoms with E-state index in [0.29, 0.717) is 12.5 Å². The van der Waals surface area contributed by atoms with E-state index < -0.39 is 0 Å². The molecule has 0 saturated carbocycles. The fourth-order valence-electron chi connectivity index (χ4n) is 2.02. The molecule has 1 unspecified atom stereocenters. The van der Waals surface area contributed by atoms with Crippen molar-refractivity contribution in [2.24, 2.45) is 0 Å². The number of benzene rings is 1. The van der Waals surface area contributed by atoms with Gasteiger partial charge in [0, 0.05) is 41.2 Å². The van der Waals surface area contributed by atoms with Crippen molar-refractivity contribution in [3.05, 3.63) is 36.9 Å². The number of rotatable bonds is 6. The van der Waals surface area contributed by atoms with Crippen LogP contribution in [0.3, 0.4) is 0 Å². The third kappa shape index (κ3) is 4.89. The number of carbonyl (C=O) groups is 1. The van der Waals surface area contributed by atoms with Crippen molar-refractivity contribution in [2.45, 2.75) is 17.4 Å². The fraction of sp³-hybridized carbons (Fsp3) is 0.400. The summed E-state index contributed by atoms with van der Waals surface area (Å²) in [6.45, 7) is 4.72. The monoisotopic (exact) mass is 308 g/mol. The summed E-state index contributed by atoms with van der Waals surface area (Å²) in [7, 11) is 0. The van der Waals surface area contributed by atoms with Gasteiger partial charge in [0.1, 0.15) is 0 Å². The van der Waals surface area contributed by atoms with E-state index in [1.807, 2.05) is 42.1 Å². The van der Waals surface area contributed by atoms with E-state index in [1.54, 1.807) is 11.8 Å². The Hall–Kier alpha value is -0.910. The van der Waals surface area contributed by atoms with Gasteiger partial charge in [-0.3, -0.25) is 4.79 Å². The number of hydrogen-bond donors (Lipinski definition) is 2. The zero-order chi connectivity index (χ0) is 14.2. The van der Waals surface area contributed by atoms with E-state index >= 15 is 0 Å². The van der Waals surface area contributed by atoms with Gasteiger partial charge < -0.3 is 10.6 Å². The zero-order valence-electron chi connectivity index (χ0n) is 11.4. The van der Waals surface area contributed by atoms with Gasteiger partial charge in [-0.25, -0.2) is 0 Å². The molecule has 1 aliphatic heterocycles. The highest BCUT2D eigenvalue weighted by Gasteiger charge is 2.17. The summed E-state index contributed by atoms with van der Waals surface area (Å²) in [6.07, 6.45) is 2.40. The minimum atomic E-state index is 0.0802. The SMILES string of the molecule is C=CCSc1ccccc1NC(=O)CC1CSCCN1. The summed E-state index contributed by atoms with van der Waals surface area (Å²) in [5.41, 5.74) is 0.896. The molecule has 1 fully saturated rings. The lowest BCUT2D eigenvalue weighted by atomic mass is 10.2. The summed E-state index contributed by atoms with van der Waals surface area (Å²) in [6, 6.07) is 8.20. The molecular formula is C15H20N2OS2. The fourth-order valence-corrected chi connectivity index (χ4v) is 3.72. The highest BCUT2D eigenvalue weighted by atomic mass is 32.2. The highest BCUT2D eigenvalue weighted by Crippen LogP contribution is 2.27. The quantitative estimate of drug-likeness (QED) is 0.626. The van der Waals surface area contributed by atoms with Crippen LogP contribution in [0.25, 0.3) is 0 Å². The lowest BCUT2D eigenvalue weighted by molar-refractivity contribution is -0.116. The van der Waals surface area contributed by atoms with Gasteiger partial charge in [-0.15, -0.1) is 18.3 Å². The third-order valence-electron chi connectivity index (χ3n) is 2.95. The number of nitrogens with one attached hydrogen (secondary N) is 2. The molecule has 0 aliphatic carbocycles. The number of hydrogen-bond acceptors (Lipinski definition) is 4. The highest BCUT2D eigenvalue weighted by molar-refractivity contribution is 7.99. The van der Waals surface area contributed by atoms with Gasteiger partial charge in [-0.2, -0.15) is 11.8 Å². The van der Waals surface area contributed by atoms with Crippen LogP contribution < -0.4 is 10.6 Å². The molecule has 3 nitrogen and oxygen atoms in total. The van der Waals surface area contributed by atoms with Crippen LogP contribution >= 0.6 is 23.5 Å². The lowest BCUT2D eigenvalue weighted by Crippen LogP contribution is -2.39. The predicted octanol–water partition coefficient (Wildman–Crippen LogP) is 3.00. The Morgan fingerprint density at radius 1 is 1.55 bits per heavy atom. The van der Waals surface area contributed by atoms with Crippen LogP contribution in [0, 0.1) is 0 Å². The Kier molecular flexibility index (Phi) is 6.50. The van der Waals surface area contributed by atoms with Crippen LogP contribution in [0.1, 0.15) is 6.42 Å². The minimum absolute atomic E-state index is 0.0802. The van der Waals surface area contributed by atoms with Crippen LogP contribution in [0.4, 0.5) is 5.69 Å². The first-order chi connectivity index (χ1) is 9.79. The lowest BCUT2D eigenvalue weighted by Gasteiger charge is -2.22. The Balaban J connectivity index is 1.91. The molecule has 0 radical (unpaired) electrons. The molecule has 0 spiro atoms. The van der Waals surface area contributed by atoms with Gasteiger partial charge >= 0.3 is 0 Å². The Bertz CT molecular complexity index is 459. The first-order valence-corrected chi connectivity index (χ1v) is 8.87. The molecule has 1 aliphatic rings. The molecule has 2 rings (SSSR count). The number of carbonyl (C=O) groups excluding carboxylic acids is 1. The van der Waals surface area contributed by atoms with Crippen LogP contribution in [-0.4, -0.2) is 35.8 Å². The minimum Gasteiger partial charge on any atom is -0.325 e. The number of para-hydroxylation sites is 1. The maximum absolute atomic E-state index is 12.1. The Morgan fingerprint density at radius 2 is 2.40 bits per heavy atom. The first kappa shape index (κ1) is 15.5. The van der Waals surface area contributed by atoms with Crippen LogP contribution in [-0.2, 0) is 4.79 Å². The van der Waals surface area contributed by atoms with Crippen LogP contribution in [0.2, 0.25) is 0 Å². The predicted molar refractivity (Wildman–Crippen MR) is 89.7 cm³/mol. The van der Waals surface area contributed by atoms with Crippen molar-refractivity contribution >= 4 is 35.1 Å². The Morgan fingerprint density at radius 3 is 3.15 bits per heavy atom. The standard InChI is InChI=1S/C15H20N2OS2/c1-2-8-20-14-6-4-3-5-13(14)17-15(18)10-12-11-19-9-7-16-12/h2-6,12,16H,1,7-11H2,(H,17,18). The topological polar surface area (TPSA) is 41.1 Å². The maximum Gasteiger partial charge on any atom is 0.226 e. The van der Waals surface area contributed by atoms with E-state index in [2.05, 4.69) is 17.2 Å². The largest absolute Gasteiger partial charge is 0.325 e. The maximum atomic E-state index is 12.1. The molecule has 2 N–H and O–H groups in total. The molecule has 1 amide bonds. The van der Waals surface area contributed by atoms with Crippen molar-refractivity contribution in [3.63, 3.8) is 0 Å². The van der Waals surface area contributed by atoms with E-state index in [4.69, 9.17) is 0 Å². The summed E-state index contributed by atoms with van der Waals surface area (Å²) in [5.74, 6) is 3.07. The molecule has 0 aromatic heterocycles. The molecule has 5 heteroatoms. The molecular weight excluding hydrogens is 288 g/mol. The van der Waals surface area contributed by atoms with Crippen LogP contribution in [0.15, 0.2) is 41.8 Å². The number of thioether (sulfide) groups is 2. The van der Waals surface area contributed by atoms with E-state index in [1.165, 1.54) is 0 Å². The molecule has 1 aromatic carbocycles. The molecule has 1 heterocycles. The van der Waals surface area contributed by atoms with E-state index in [-0.39, 0.29) is 5.91 Å². The number of amides is 1. The average molecular weight is 308 g/mol.